The molecule has 1 N–H and O–H groups in total. The van der Waals surface area contributed by atoms with E-state index in [0.717, 1.165) is 57.1 Å². The lowest BCUT2D eigenvalue weighted by Gasteiger charge is -2.27. The van der Waals surface area contributed by atoms with Gasteiger partial charge < -0.3 is 14.6 Å². The van der Waals surface area contributed by atoms with Crippen molar-refractivity contribution in [2.24, 2.45) is 5.92 Å². The van der Waals surface area contributed by atoms with Crippen molar-refractivity contribution in [1.29, 1.82) is 0 Å². The molecular formula is C14H21N3O2. The van der Waals surface area contributed by atoms with Crippen LogP contribution in [0.2, 0.25) is 0 Å². The summed E-state index contributed by atoms with van der Waals surface area (Å²) in [6.07, 6.45) is 4.50. The zero-order valence-electron chi connectivity index (χ0n) is 11.4. The van der Waals surface area contributed by atoms with Crippen molar-refractivity contribution in [2.75, 3.05) is 31.7 Å². The lowest BCUT2D eigenvalue weighted by atomic mass is 10.00. The summed E-state index contributed by atoms with van der Waals surface area (Å²) in [5, 5.41) is 0. The number of H-pyrrole nitrogens is 1. The fraction of sp³-hybridized carbons (Fsp3) is 0.714. The Labute approximate surface area is 113 Å². The molecular weight excluding hydrogens is 242 g/mol. The van der Waals surface area contributed by atoms with Crippen LogP contribution >= 0.6 is 0 Å². The Bertz CT molecular complexity index is 490. The Morgan fingerprint density at radius 3 is 2.79 bits per heavy atom. The molecule has 1 aliphatic heterocycles. The third-order valence-corrected chi connectivity index (χ3v) is 3.97. The maximum Gasteiger partial charge on any atom is 0.252 e. The Morgan fingerprint density at radius 1 is 1.37 bits per heavy atom. The van der Waals surface area contributed by atoms with Crippen LogP contribution in [-0.2, 0) is 4.74 Å². The zero-order chi connectivity index (χ0) is 13.2. The maximum atomic E-state index is 11.7. The van der Waals surface area contributed by atoms with E-state index in [9.17, 15) is 4.79 Å². The van der Waals surface area contributed by atoms with Gasteiger partial charge >= 0.3 is 0 Å². The molecule has 0 amide bonds. The van der Waals surface area contributed by atoms with E-state index < -0.39 is 0 Å². The van der Waals surface area contributed by atoms with E-state index in [2.05, 4.69) is 14.9 Å². The molecule has 5 nitrogen and oxygen atoms in total. The van der Waals surface area contributed by atoms with E-state index in [-0.39, 0.29) is 5.56 Å². The average molecular weight is 263 g/mol. The van der Waals surface area contributed by atoms with Gasteiger partial charge in [-0.15, -0.1) is 0 Å². The molecule has 0 unspecified atom stereocenters. The molecule has 1 aromatic rings. The first kappa shape index (κ1) is 12.7. The molecule has 19 heavy (non-hydrogen) atoms. The fourth-order valence-corrected chi connectivity index (χ4v) is 2.62. The van der Waals surface area contributed by atoms with Crippen molar-refractivity contribution in [3.8, 4) is 0 Å². The summed E-state index contributed by atoms with van der Waals surface area (Å²) in [6, 6.07) is 1.60. The second-order valence-electron chi connectivity index (χ2n) is 5.70. The average Bonchev–Trinajstić information content (AvgIpc) is 3.23. The highest BCUT2D eigenvalue weighted by atomic mass is 16.5. The number of anilines is 1. The van der Waals surface area contributed by atoms with E-state index in [1.165, 1.54) is 0 Å². The molecule has 2 heterocycles. The molecule has 2 fully saturated rings. The number of rotatable bonds is 4. The predicted molar refractivity (Wildman–Crippen MR) is 73.6 cm³/mol. The highest BCUT2D eigenvalue weighted by Crippen LogP contribution is 2.37. The van der Waals surface area contributed by atoms with Gasteiger partial charge in [-0.3, -0.25) is 4.79 Å². The van der Waals surface area contributed by atoms with Gasteiger partial charge in [-0.25, -0.2) is 4.98 Å². The standard InChI is InChI=1S/C14H21N3O2/c1-17(9-10-4-6-19-7-5-10)12-8-13(18)16-14(15-12)11-2-3-11/h8,10-11H,2-7,9H2,1H3,(H,15,16,18). The SMILES string of the molecule is CN(CC1CCOCC1)c1cc(=O)[nH]c(C2CC2)n1. The molecule has 5 heteroatoms. The Balaban J connectivity index is 1.71. The number of hydrogen-bond donors (Lipinski definition) is 1. The quantitative estimate of drug-likeness (QED) is 0.894. The van der Waals surface area contributed by atoms with Crippen LogP contribution in [0.4, 0.5) is 5.82 Å². The number of aromatic amines is 1. The number of aromatic nitrogens is 2. The normalized spacial score (nSPS) is 20.5. The first-order valence-corrected chi connectivity index (χ1v) is 7.12. The van der Waals surface area contributed by atoms with Gasteiger partial charge in [0.15, 0.2) is 0 Å². The molecule has 1 aromatic heterocycles. The number of ether oxygens (including phenoxy) is 1. The summed E-state index contributed by atoms with van der Waals surface area (Å²) in [7, 11) is 2.02. The molecule has 104 valence electrons. The molecule has 0 radical (unpaired) electrons. The van der Waals surface area contributed by atoms with E-state index in [0.29, 0.717) is 11.8 Å². The van der Waals surface area contributed by atoms with E-state index in [1.807, 2.05) is 7.05 Å². The van der Waals surface area contributed by atoms with Gasteiger partial charge in [0.1, 0.15) is 11.6 Å². The topological polar surface area (TPSA) is 58.2 Å². The van der Waals surface area contributed by atoms with Gasteiger partial charge in [0.25, 0.3) is 5.56 Å². The highest BCUT2D eigenvalue weighted by Gasteiger charge is 2.27. The van der Waals surface area contributed by atoms with Crippen molar-refractivity contribution in [1.82, 2.24) is 9.97 Å². The van der Waals surface area contributed by atoms with Crippen LogP contribution in [0.15, 0.2) is 10.9 Å². The highest BCUT2D eigenvalue weighted by molar-refractivity contribution is 5.37. The molecule has 3 rings (SSSR count). The third-order valence-electron chi connectivity index (χ3n) is 3.97. The van der Waals surface area contributed by atoms with E-state index in [1.54, 1.807) is 6.07 Å². The number of hydrogen-bond acceptors (Lipinski definition) is 4. The summed E-state index contributed by atoms with van der Waals surface area (Å²) in [5.74, 6) is 2.78. The second kappa shape index (κ2) is 5.33. The van der Waals surface area contributed by atoms with Gasteiger partial charge in [-0.2, -0.15) is 0 Å². The molecule has 1 saturated heterocycles. The predicted octanol–water partition coefficient (Wildman–Crippen LogP) is 1.51. The van der Waals surface area contributed by atoms with Crippen molar-refractivity contribution >= 4 is 5.82 Å². The molecule has 0 bridgehead atoms. The summed E-state index contributed by atoms with van der Waals surface area (Å²) in [6.45, 7) is 2.66. The molecule has 0 spiro atoms. The smallest absolute Gasteiger partial charge is 0.252 e. The van der Waals surface area contributed by atoms with Gasteiger partial charge in [-0.1, -0.05) is 0 Å². The first-order valence-electron chi connectivity index (χ1n) is 7.12. The minimum Gasteiger partial charge on any atom is -0.381 e. The Kier molecular flexibility index (Phi) is 3.55. The molecule has 0 aromatic carbocycles. The van der Waals surface area contributed by atoms with Crippen LogP contribution in [0.5, 0.6) is 0 Å². The Hall–Kier alpha value is -1.36. The van der Waals surface area contributed by atoms with Crippen LogP contribution in [0.3, 0.4) is 0 Å². The van der Waals surface area contributed by atoms with Crippen LogP contribution in [0.25, 0.3) is 0 Å². The molecule has 0 atom stereocenters. The van der Waals surface area contributed by atoms with Crippen LogP contribution < -0.4 is 10.5 Å². The summed E-state index contributed by atoms with van der Waals surface area (Å²) < 4.78 is 5.38. The van der Waals surface area contributed by atoms with Crippen LogP contribution in [0.1, 0.15) is 37.4 Å². The molecule has 1 aliphatic carbocycles. The van der Waals surface area contributed by atoms with E-state index in [4.69, 9.17) is 4.74 Å². The summed E-state index contributed by atoms with van der Waals surface area (Å²) in [5.41, 5.74) is -0.0364. The molecule has 2 aliphatic rings. The minimum absolute atomic E-state index is 0.0364. The zero-order valence-corrected chi connectivity index (χ0v) is 11.4. The van der Waals surface area contributed by atoms with Crippen LogP contribution in [0, 0.1) is 5.92 Å². The van der Waals surface area contributed by atoms with E-state index >= 15 is 0 Å². The third kappa shape index (κ3) is 3.15. The van der Waals surface area contributed by atoms with Gasteiger partial charge in [0, 0.05) is 38.8 Å². The van der Waals surface area contributed by atoms with Crippen molar-refractivity contribution in [2.45, 2.75) is 31.6 Å². The minimum atomic E-state index is -0.0364. The van der Waals surface area contributed by atoms with Crippen molar-refractivity contribution in [3.63, 3.8) is 0 Å². The van der Waals surface area contributed by atoms with Gasteiger partial charge in [0.05, 0.1) is 0 Å². The van der Waals surface area contributed by atoms with Gasteiger partial charge in [-0.05, 0) is 31.6 Å². The van der Waals surface area contributed by atoms with Gasteiger partial charge in [0.2, 0.25) is 0 Å². The fourth-order valence-electron chi connectivity index (χ4n) is 2.62. The van der Waals surface area contributed by atoms with Crippen molar-refractivity contribution < 1.29 is 4.74 Å². The summed E-state index contributed by atoms with van der Waals surface area (Å²) >= 11 is 0. The summed E-state index contributed by atoms with van der Waals surface area (Å²) in [4.78, 5) is 21.3. The second-order valence-corrected chi connectivity index (χ2v) is 5.70. The Morgan fingerprint density at radius 2 is 2.11 bits per heavy atom. The maximum absolute atomic E-state index is 11.7. The van der Waals surface area contributed by atoms with Crippen LogP contribution in [-0.4, -0.2) is 36.8 Å². The number of nitrogens with one attached hydrogen (secondary N) is 1. The first-order chi connectivity index (χ1) is 9.22. The largest absolute Gasteiger partial charge is 0.381 e. The van der Waals surface area contributed by atoms with Crippen molar-refractivity contribution in [3.05, 3.63) is 22.2 Å². The number of nitrogens with zero attached hydrogens (tertiary/aromatic N) is 2. The lowest BCUT2D eigenvalue weighted by molar-refractivity contribution is 0.0685. The lowest BCUT2D eigenvalue weighted by Crippen LogP contribution is -2.31. The molecule has 1 saturated carbocycles. The monoisotopic (exact) mass is 263 g/mol.